The van der Waals surface area contributed by atoms with Gasteiger partial charge in [-0.1, -0.05) is 23.2 Å². The van der Waals surface area contributed by atoms with Crippen LogP contribution in [0.25, 0.3) is 0 Å². The summed E-state index contributed by atoms with van der Waals surface area (Å²) in [6, 6.07) is 2.85. The molecule has 0 aliphatic carbocycles. The molecule has 1 aromatic carbocycles. The van der Waals surface area contributed by atoms with Gasteiger partial charge in [0.15, 0.2) is 0 Å². The van der Waals surface area contributed by atoms with Crippen molar-refractivity contribution in [2.24, 2.45) is 5.73 Å². The molecule has 1 unspecified atom stereocenters. The molecule has 1 heterocycles. The van der Waals surface area contributed by atoms with E-state index in [2.05, 4.69) is 5.32 Å². The van der Waals surface area contributed by atoms with Crippen molar-refractivity contribution in [3.8, 4) is 0 Å². The standard InChI is InChI=1S/C9H8Cl2N2O/c10-5-1-4-2-7(12)9(14)13-8(4)6(11)3-5/h1,3,7H,2,12H2,(H,13,14). The van der Waals surface area contributed by atoms with Crippen molar-refractivity contribution in [2.75, 3.05) is 5.32 Å². The van der Waals surface area contributed by atoms with Gasteiger partial charge in [-0.3, -0.25) is 4.79 Å². The fourth-order valence-electron chi connectivity index (χ4n) is 1.47. The van der Waals surface area contributed by atoms with Crippen molar-refractivity contribution in [1.82, 2.24) is 0 Å². The zero-order chi connectivity index (χ0) is 10.3. The SMILES string of the molecule is NC1Cc2cc(Cl)cc(Cl)c2NC1=O. The molecule has 3 N–H and O–H groups in total. The Bertz CT molecular complexity index is 406. The van der Waals surface area contributed by atoms with E-state index in [0.717, 1.165) is 5.56 Å². The molecule has 0 fully saturated rings. The number of carbonyl (C=O) groups is 1. The highest BCUT2D eigenvalue weighted by Gasteiger charge is 2.24. The smallest absolute Gasteiger partial charge is 0.241 e. The van der Waals surface area contributed by atoms with Gasteiger partial charge in [0, 0.05) is 5.02 Å². The summed E-state index contributed by atoms with van der Waals surface area (Å²) in [7, 11) is 0. The molecule has 0 aromatic heterocycles. The van der Waals surface area contributed by atoms with Crippen LogP contribution in [0.5, 0.6) is 0 Å². The van der Waals surface area contributed by atoms with Gasteiger partial charge in [-0.05, 0) is 24.1 Å². The number of amides is 1. The Balaban J connectivity index is 2.51. The Morgan fingerprint density at radius 2 is 2.14 bits per heavy atom. The lowest BCUT2D eigenvalue weighted by Crippen LogP contribution is -2.41. The number of halogens is 2. The molecule has 1 aliphatic heterocycles. The molecule has 14 heavy (non-hydrogen) atoms. The van der Waals surface area contributed by atoms with Crippen molar-refractivity contribution in [3.63, 3.8) is 0 Å². The summed E-state index contributed by atoms with van der Waals surface area (Å²) >= 11 is 11.7. The second-order valence-electron chi connectivity index (χ2n) is 3.22. The Labute approximate surface area is 91.2 Å². The van der Waals surface area contributed by atoms with E-state index < -0.39 is 6.04 Å². The molecule has 0 radical (unpaired) electrons. The van der Waals surface area contributed by atoms with Crippen LogP contribution in [0, 0.1) is 0 Å². The molecule has 0 saturated heterocycles. The molecular formula is C9H8Cl2N2O. The maximum absolute atomic E-state index is 11.3. The minimum Gasteiger partial charge on any atom is -0.323 e. The minimum atomic E-state index is -0.517. The number of rotatable bonds is 0. The Hall–Kier alpha value is -0.770. The molecule has 1 aliphatic rings. The largest absolute Gasteiger partial charge is 0.323 e. The maximum atomic E-state index is 11.3. The highest BCUT2D eigenvalue weighted by molar-refractivity contribution is 6.37. The van der Waals surface area contributed by atoms with Gasteiger partial charge in [-0.15, -0.1) is 0 Å². The average molecular weight is 231 g/mol. The summed E-state index contributed by atoms with van der Waals surface area (Å²) < 4.78 is 0. The van der Waals surface area contributed by atoms with E-state index in [4.69, 9.17) is 28.9 Å². The van der Waals surface area contributed by atoms with Crippen molar-refractivity contribution in [1.29, 1.82) is 0 Å². The Kier molecular flexibility index (Phi) is 2.39. The second-order valence-corrected chi connectivity index (χ2v) is 4.07. The third kappa shape index (κ3) is 1.59. The molecule has 1 amide bonds. The lowest BCUT2D eigenvalue weighted by molar-refractivity contribution is -0.117. The molecule has 5 heteroatoms. The molecule has 3 nitrogen and oxygen atoms in total. The molecular weight excluding hydrogens is 223 g/mol. The van der Waals surface area contributed by atoms with Crippen molar-refractivity contribution >= 4 is 34.8 Å². The van der Waals surface area contributed by atoms with E-state index in [9.17, 15) is 4.79 Å². The van der Waals surface area contributed by atoms with E-state index in [1.807, 2.05) is 0 Å². The molecule has 1 atom stereocenters. The quantitative estimate of drug-likeness (QED) is 0.715. The minimum absolute atomic E-state index is 0.207. The van der Waals surface area contributed by atoms with Crippen LogP contribution in [-0.2, 0) is 11.2 Å². The number of anilines is 1. The van der Waals surface area contributed by atoms with Crippen LogP contribution in [0.3, 0.4) is 0 Å². The lowest BCUT2D eigenvalue weighted by atomic mass is 10.00. The molecule has 0 saturated carbocycles. The number of carbonyl (C=O) groups excluding carboxylic acids is 1. The van der Waals surface area contributed by atoms with Crippen LogP contribution >= 0.6 is 23.2 Å². The summed E-state index contributed by atoms with van der Waals surface area (Å²) in [6.07, 6.45) is 0.474. The van der Waals surface area contributed by atoms with Gasteiger partial charge in [0.1, 0.15) is 0 Å². The van der Waals surface area contributed by atoms with Gasteiger partial charge in [0.2, 0.25) is 5.91 Å². The number of benzene rings is 1. The van der Waals surface area contributed by atoms with Gasteiger partial charge >= 0.3 is 0 Å². The third-order valence-corrected chi connectivity index (χ3v) is 2.68. The first-order valence-electron chi connectivity index (χ1n) is 4.12. The molecule has 0 spiro atoms. The van der Waals surface area contributed by atoms with Crippen LogP contribution in [-0.4, -0.2) is 11.9 Å². The van der Waals surface area contributed by atoms with E-state index in [1.165, 1.54) is 0 Å². The predicted octanol–water partition coefficient (Wildman–Crippen LogP) is 1.82. The van der Waals surface area contributed by atoms with Crippen LogP contribution in [0.15, 0.2) is 12.1 Å². The zero-order valence-electron chi connectivity index (χ0n) is 7.18. The van der Waals surface area contributed by atoms with Crippen LogP contribution < -0.4 is 11.1 Å². The van der Waals surface area contributed by atoms with Crippen LogP contribution in [0.4, 0.5) is 5.69 Å². The van der Waals surface area contributed by atoms with Crippen LogP contribution in [0.2, 0.25) is 10.0 Å². The second kappa shape index (κ2) is 3.42. The lowest BCUT2D eigenvalue weighted by Gasteiger charge is -2.22. The van der Waals surface area contributed by atoms with Gasteiger partial charge < -0.3 is 11.1 Å². The van der Waals surface area contributed by atoms with Crippen molar-refractivity contribution < 1.29 is 4.79 Å². The van der Waals surface area contributed by atoms with Gasteiger partial charge in [0.25, 0.3) is 0 Å². The first-order chi connectivity index (χ1) is 6.58. The fourth-order valence-corrected chi connectivity index (χ4v) is 2.06. The van der Waals surface area contributed by atoms with E-state index >= 15 is 0 Å². The van der Waals surface area contributed by atoms with Crippen LogP contribution in [0.1, 0.15) is 5.56 Å². The van der Waals surface area contributed by atoms with E-state index in [0.29, 0.717) is 22.2 Å². The topological polar surface area (TPSA) is 55.1 Å². The van der Waals surface area contributed by atoms with Gasteiger partial charge in [-0.2, -0.15) is 0 Å². The maximum Gasteiger partial charge on any atom is 0.241 e. The Morgan fingerprint density at radius 1 is 1.43 bits per heavy atom. The summed E-state index contributed by atoms with van der Waals surface area (Å²) in [5.41, 5.74) is 7.11. The summed E-state index contributed by atoms with van der Waals surface area (Å²) in [5, 5.41) is 3.66. The highest BCUT2D eigenvalue weighted by atomic mass is 35.5. The highest BCUT2D eigenvalue weighted by Crippen LogP contribution is 2.33. The number of hydrogen-bond donors (Lipinski definition) is 2. The number of fused-ring (bicyclic) bond motifs is 1. The normalized spacial score (nSPS) is 20.2. The number of nitrogens with one attached hydrogen (secondary N) is 1. The van der Waals surface area contributed by atoms with Crippen molar-refractivity contribution in [2.45, 2.75) is 12.5 Å². The van der Waals surface area contributed by atoms with Crippen molar-refractivity contribution in [3.05, 3.63) is 27.7 Å². The van der Waals surface area contributed by atoms with E-state index in [1.54, 1.807) is 12.1 Å². The van der Waals surface area contributed by atoms with Gasteiger partial charge in [0.05, 0.1) is 16.8 Å². The molecule has 1 aromatic rings. The Morgan fingerprint density at radius 3 is 2.86 bits per heavy atom. The summed E-state index contributed by atoms with van der Waals surface area (Å²) in [5.74, 6) is -0.207. The number of nitrogens with two attached hydrogens (primary N) is 1. The average Bonchev–Trinajstić information content (AvgIpc) is 2.08. The third-order valence-electron chi connectivity index (χ3n) is 2.16. The molecule has 74 valence electrons. The van der Waals surface area contributed by atoms with E-state index in [-0.39, 0.29) is 5.91 Å². The first kappa shape index (κ1) is 9.77. The van der Waals surface area contributed by atoms with Gasteiger partial charge in [-0.25, -0.2) is 0 Å². The predicted molar refractivity (Wildman–Crippen MR) is 56.8 cm³/mol. The summed E-state index contributed by atoms with van der Waals surface area (Å²) in [6.45, 7) is 0. The zero-order valence-corrected chi connectivity index (χ0v) is 8.69. The summed E-state index contributed by atoms with van der Waals surface area (Å²) in [4.78, 5) is 11.3. The molecule has 2 rings (SSSR count). The molecule has 0 bridgehead atoms. The first-order valence-corrected chi connectivity index (χ1v) is 4.88. The monoisotopic (exact) mass is 230 g/mol. The fraction of sp³-hybridized carbons (Fsp3) is 0.222. The number of hydrogen-bond acceptors (Lipinski definition) is 2.